The molecule has 1 aliphatic carbocycles. The first-order valence-electron chi connectivity index (χ1n) is 7.35. The summed E-state index contributed by atoms with van der Waals surface area (Å²) in [7, 11) is 0. The maximum absolute atomic E-state index is 12.7. The van der Waals surface area contributed by atoms with Crippen molar-refractivity contribution in [2.75, 3.05) is 13.1 Å². The number of aromatic nitrogens is 1. The van der Waals surface area contributed by atoms with Gasteiger partial charge in [0.1, 0.15) is 5.69 Å². The van der Waals surface area contributed by atoms with Gasteiger partial charge >= 0.3 is 0 Å². The van der Waals surface area contributed by atoms with Crippen molar-refractivity contribution in [1.82, 2.24) is 9.47 Å². The van der Waals surface area contributed by atoms with E-state index in [9.17, 15) is 9.90 Å². The molecule has 0 radical (unpaired) electrons. The van der Waals surface area contributed by atoms with Gasteiger partial charge in [-0.05, 0) is 61.0 Å². The molecule has 1 aliphatic heterocycles. The largest absolute Gasteiger partial charge is 0.390 e. The minimum absolute atomic E-state index is 0.0975. The second kappa shape index (κ2) is 5.19. The summed E-state index contributed by atoms with van der Waals surface area (Å²) in [6.07, 6.45) is 6.63. The van der Waals surface area contributed by atoms with Gasteiger partial charge in [-0.2, -0.15) is 0 Å². The minimum atomic E-state index is -0.631. The molecular weight excluding hydrogens is 320 g/mol. The van der Waals surface area contributed by atoms with E-state index in [0.717, 1.165) is 42.4 Å². The van der Waals surface area contributed by atoms with Crippen LogP contribution in [-0.2, 0) is 0 Å². The fourth-order valence-electron chi connectivity index (χ4n) is 2.90. The standard InChI is InChI=1S/C15H21BrN2O2/c1-15(20)5-2-7-17(8-6-15)14(19)13-9-11(16)10-18(13)12-3-4-12/h9-10,12,20H,2-8H2,1H3. The lowest BCUT2D eigenvalue weighted by molar-refractivity contribution is 0.0436. The molecular formula is C15H21BrN2O2. The maximum atomic E-state index is 12.7. The van der Waals surface area contributed by atoms with Gasteiger partial charge < -0.3 is 14.6 Å². The number of nitrogens with zero attached hydrogens (tertiary/aromatic N) is 2. The van der Waals surface area contributed by atoms with E-state index in [2.05, 4.69) is 20.5 Å². The molecule has 2 aliphatic rings. The van der Waals surface area contributed by atoms with Crippen LogP contribution >= 0.6 is 15.9 Å². The van der Waals surface area contributed by atoms with Crippen molar-refractivity contribution in [3.8, 4) is 0 Å². The molecule has 4 nitrogen and oxygen atoms in total. The zero-order chi connectivity index (χ0) is 14.3. The van der Waals surface area contributed by atoms with Crippen LogP contribution in [0.1, 0.15) is 55.6 Å². The third-order valence-corrected chi connectivity index (χ3v) is 4.76. The Morgan fingerprint density at radius 3 is 2.85 bits per heavy atom. The highest BCUT2D eigenvalue weighted by molar-refractivity contribution is 9.10. The molecule has 5 heteroatoms. The van der Waals surface area contributed by atoms with Gasteiger partial charge in [-0.15, -0.1) is 0 Å². The third-order valence-electron chi connectivity index (χ3n) is 4.33. The minimum Gasteiger partial charge on any atom is -0.390 e. The first-order chi connectivity index (χ1) is 9.46. The summed E-state index contributed by atoms with van der Waals surface area (Å²) in [5, 5.41) is 10.1. The zero-order valence-electron chi connectivity index (χ0n) is 11.8. The number of carbonyl (C=O) groups excluding carboxylic acids is 1. The van der Waals surface area contributed by atoms with Crippen LogP contribution in [0.5, 0.6) is 0 Å². The first-order valence-corrected chi connectivity index (χ1v) is 8.15. The van der Waals surface area contributed by atoms with Gasteiger partial charge in [0, 0.05) is 29.8 Å². The maximum Gasteiger partial charge on any atom is 0.270 e. The quantitative estimate of drug-likeness (QED) is 0.899. The summed E-state index contributed by atoms with van der Waals surface area (Å²) >= 11 is 3.47. The van der Waals surface area contributed by atoms with E-state index < -0.39 is 5.60 Å². The van der Waals surface area contributed by atoms with Crippen LogP contribution in [-0.4, -0.2) is 39.2 Å². The van der Waals surface area contributed by atoms with Crippen LogP contribution in [0.2, 0.25) is 0 Å². The predicted octanol–water partition coefficient (Wildman–Crippen LogP) is 2.96. The number of likely N-dealkylation sites (tertiary alicyclic amines) is 1. The van der Waals surface area contributed by atoms with Gasteiger partial charge in [0.25, 0.3) is 5.91 Å². The van der Waals surface area contributed by atoms with Crippen molar-refractivity contribution in [2.24, 2.45) is 0 Å². The number of carbonyl (C=O) groups is 1. The first kappa shape index (κ1) is 14.1. The van der Waals surface area contributed by atoms with Crippen LogP contribution < -0.4 is 0 Å². The Balaban J connectivity index is 1.78. The Morgan fingerprint density at radius 2 is 2.15 bits per heavy atom. The van der Waals surface area contributed by atoms with Crippen LogP contribution in [0.15, 0.2) is 16.7 Å². The molecule has 3 rings (SSSR count). The highest BCUT2D eigenvalue weighted by atomic mass is 79.9. The fourth-order valence-corrected chi connectivity index (χ4v) is 3.34. The predicted molar refractivity (Wildman–Crippen MR) is 80.8 cm³/mol. The number of aliphatic hydroxyl groups is 1. The van der Waals surface area contributed by atoms with Crippen LogP contribution in [0.4, 0.5) is 0 Å². The highest BCUT2D eigenvalue weighted by Crippen LogP contribution is 2.38. The van der Waals surface area contributed by atoms with Gasteiger partial charge in [0.15, 0.2) is 0 Å². The van der Waals surface area contributed by atoms with Crippen molar-refractivity contribution in [3.63, 3.8) is 0 Å². The molecule has 1 aromatic heterocycles. The molecule has 1 unspecified atom stereocenters. The molecule has 2 heterocycles. The normalized spacial score (nSPS) is 27.4. The van der Waals surface area contributed by atoms with Gasteiger partial charge in [-0.1, -0.05) is 0 Å². The Labute approximate surface area is 127 Å². The van der Waals surface area contributed by atoms with Crippen molar-refractivity contribution in [1.29, 1.82) is 0 Å². The number of hydrogen-bond donors (Lipinski definition) is 1. The zero-order valence-corrected chi connectivity index (χ0v) is 13.4. The van der Waals surface area contributed by atoms with Gasteiger partial charge in [-0.3, -0.25) is 4.79 Å². The van der Waals surface area contributed by atoms with Crippen molar-refractivity contribution < 1.29 is 9.90 Å². The molecule has 1 aromatic rings. The molecule has 20 heavy (non-hydrogen) atoms. The number of halogens is 1. The smallest absolute Gasteiger partial charge is 0.270 e. The van der Waals surface area contributed by atoms with Crippen molar-refractivity contribution in [3.05, 3.63) is 22.4 Å². The van der Waals surface area contributed by atoms with E-state index in [1.165, 1.54) is 0 Å². The second-order valence-corrected chi connectivity index (χ2v) is 7.24. The topological polar surface area (TPSA) is 45.5 Å². The van der Waals surface area contributed by atoms with E-state index in [1.807, 2.05) is 24.1 Å². The summed E-state index contributed by atoms with van der Waals surface area (Å²) < 4.78 is 3.07. The molecule has 1 saturated heterocycles. The van der Waals surface area contributed by atoms with E-state index in [1.54, 1.807) is 0 Å². The van der Waals surface area contributed by atoms with Crippen LogP contribution in [0.25, 0.3) is 0 Å². The molecule has 0 spiro atoms. The van der Waals surface area contributed by atoms with E-state index in [0.29, 0.717) is 19.0 Å². The average Bonchev–Trinajstić information content (AvgIpc) is 3.17. The van der Waals surface area contributed by atoms with Crippen molar-refractivity contribution >= 4 is 21.8 Å². The molecule has 0 bridgehead atoms. The van der Waals surface area contributed by atoms with Gasteiger partial charge in [0.05, 0.1) is 5.60 Å². The fraction of sp³-hybridized carbons (Fsp3) is 0.667. The van der Waals surface area contributed by atoms with Crippen molar-refractivity contribution in [2.45, 2.75) is 50.7 Å². The van der Waals surface area contributed by atoms with Gasteiger partial charge in [0.2, 0.25) is 0 Å². The summed E-state index contributed by atoms with van der Waals surface area (Å²) in [5.41, 5.74) is 0.148. The highest BCUT2D eigenvalue weighted by Gasteiger charge is 2.32. The molecule has 1 N–H and O–H groups in total. The van der Waals surface area contributed by atoms with E-state index in [-0.39, 0.29) is 5.91 Å². The molecule has 1 amide bonds. The lowest BCUT2D eigenvalue weighted by atomic mass is 9.98. The summed E-state index contributed by atoms with van der Waals surface area (Å²) in [5.74, 6) is 0.0975. The number of rotatable bonds is 2. The number of amides is 1. The van der Waals surface area contributed by atoms with E-state index in [4.69, 9.17) is 0 Å². The second-order valence-electron chi connectivity index (χ2n) is 6.32. The average molecular weight is 341 g/mol. The summed E-state index contributed by atoms with van der Waals surface area (Å²) in [6.45, 7) is 3.24. The third kappa shape index (κ3) is 2.93. The summed E-state index contributed by atoms with van der Waals surface area (Å²) in [4.78, 5) is 14.6. The van der Waals surface area contributed by atoms with Crippen LogP contribution in [0, 0.1) is 0 Å². The van der Waals surface area contributed by atoms with Gasteiger partial charge in [-0.25, -0.2) is 0 Å². The molecule has 2 fully saturated rings. The van der Waals surface area contributed by atoms with Crippen LogP contribution in [0.3, 0.4) is 0 Å². The Morgan fingerprint density at radius 1 is 1.40 bits per heavy atom. The number of hydrogen-bond acceptors (Lipinski definition) is 2. The SMILES string of the molecule is CC1(O)CCCN(C(=O)c2cc(Br)cn2C2CC2)CC1. The molecule has 0 aromatic carbocycles. The molecule has 110 valence electrons. The monoisotopic (exact) mass is 340 g/mol. The van der Waals surface area contributed by atoms with E-state index >= 15 is 0 Å². The lowest BCUT2D eigenvalue weighted by Gasteiger charge is -2.23. The molecule has 1 saturated carbocycles. The Hall–Kier alpha value is -0.810. The summed E-state index contributed by atoms with van der Waals surface area (Å²) in [6, 6.07) is 2.42. The Bertz CT molecular complexity index is 520. The lowest BCUT2D eigenvalue weighted by Crippen LogP contribution is -2.34. The molecule has 1 atom stereocenters. The Kier molecular flexibility index (Phi) is 3.67.